The number of amides is 1. The molecule has 0 saturated carbocycles. The second-order valence-electron chi connectivity index (χ2n) is 2.34. The molecule has 0 unspecified atom stereocenters. The van der Waals surface area contributed by atoms with E-state index in [0.717, 1.165) is 0 Å². The van der Waals surface area contributed by atoms with Crippen molar-refractivity contribution < 1.29 is 9.53 Å². The molecule has 0 aliphatic heterocycles. The Morgan fingerprint density at radius 2 is 2.23 bits per heavy atom. The molecule has 0 spiro atoms. The molecule has 70 valence electrons. The van der Waals surface area contributed by atoms with Gasteiger partial charge in [-0.3, -0.25) is 4.79 Å². The minimum absolute atomic E-state index is 0.324. The number of hydrogen-bond donors (Lipinski definition) is 1. The van der Waals surface area contributed by atoms with Crippen molar-refractivity contribution >= 4 is 33.4 Å². The van der Waals surface area contributed by atoms with Gasteiger partial charge in [0.25, 0.3) is 0 Å². The fourth-order valence-electron chi connectivity index (χ4n) is 0.855. The van der Waals surface area contributed by atoms with Crippen molar-refractivity contribution in [2.24, 2.45) is 5.73 Å². The first-order valence-corrected chi connectivity index (χ1v) is 4.56. The zero-order valence-corrected chi connectivity index (χ0v) is 9.15. The van der Waals surface area contributed by atoms with Gasteiger partial charge < -0.3 is 10.5 Å². The summed E-state index contributed by atoms with van der Waals surface area (Å²) in [6.45, 7) is 0. The maximum Gasteiger partial charge on any atom is 0.248 e. The Hall–Kier alpha value is -0.740. The molecule has 0 fully saturated rings. The Bertz CT molecular complexity index is 354. The monoisotopic (exact) mass is 263 g/mol. The van der Waals surface area contributed by atoms with Crippen LogP contribution in [0.4, 0.5) is 0 Å². The van der Waals surface area contributed by atoms with E-state index in [9.17, 15) is 4.79 Å². The SMILES string of the molecule is COc1cc(C(N)=O)cc(Cl)c1Br. The first-order valence-electron chi connectivity index (χ1n) is 3.39. The summed E-state index contributed by atoms with van der Waals surface area (Å²) in [5, 5.41) is 0.396. The van der Waals surface area contributed by atoms with Crippen LogP contribution in [0.3, 0.4) is 0 Å². The van der Waals surface area contributed by atoms with E-state index in [4.69, 9.17) is 22.1 Å². The summed E-state index contributed by atoms with van der Waals surface area (Å²) in [6.07, 6.45) is 0. The molecule has 0 bridgehead atoms. The average molecular weight is 265 g/mol. The second kappa shape index (κ2) is 3.98. The number of carbonyl (C=O) groups excluding carboxylic acids is 1. The maximum absolute atomic E-state index is 10.8. The maximum atomic E-state index is 10.8. The molecule has 1 amide bonds. The van der Waals surface area contributed by atoms with Crippen LogP contribution in [-0.2, 0) is 0 Å². The Morgan fingerprint density at radius 3 is 2.69 bits per heavy atom. The summed E-state index contributed by atoms with van der Waals surface area (Å²) in [7, 11) is 1.49. The minimum atomic E-state index is -0.535. The topological polar surface area (TPSA) is 52.3 Å². The van der Waals surface area contributed by atoms with Gasteiger partial charge in [0, 0.05) is 5.56 Å². The smallest absolute Gasteiger partial charge is 0.248 e. The molecule has 1 aromatic carbocycles. The van der Waals surface area contributed by atoms with E-state index in [-0.39, 0.29) is 0 Å². The van der Waals surface area contributed by atoms with Crippen LogP contribution in [-0.4, -0.2) is 13.0 Å². The quantitative estimate of drug-likeness (QED) is 0.890. The predicted molar refractivity (Wildman–Crippen MR) is 54.2 cm³/mol. The third-order valence-electron chi connectivity index (χ3n) is 1.50. The van der Waals surface area contributed by atoms with E-state index in [1.807, 2.05) is 0 Å². The highest BCUT2D eigenvalue weighted by Gasteiger charge is 2.10. The molecular formula is C8H7BrClNO2. The number of benzene rings is 1. The molecule has 0 saturated heterocycles. The number of carbonyl (C=O) groups is 1. The number of hydrogen-bond acceptors (Lipinski definition) is 2. The Labute approximate surface area is 88.9 Å². The number of nitrogens with two attached hydrogens (primary N) is 1. The van der Waals surface area contributed by atoms with Gasteiger partial charge in [-0.2, -0.15) is 0 Å². The first-order chi connectivity index (χ1) is 6.06. The second-order valence-corrected chi connectivity index (χ2v) is 3.54. The van der Waals surface area contributed by atoms with Crippen LogP contribution < -0.4 is 10.5 Å². The lowest BCUT2D eigenvalue weighted by Crippen LogP contribution is -2.11. The van der Waals surface area contributed by atoms with Gasteiger partial charge >= 0.3 is 0 Å². The molecule has 0 aliphatic rings. The molecule has 1 rings (SSSR count). The Balaban J connectivity index is 3.30. The molecule has 2 N–H and O–H groups in total. The van der Waals surface area contributed by atoms with Crippen LogP contribution in [0.25, 0.3) is 0 Å². The predicted octanol–water partition coefficient (Wildman–Crippen LogP) is 2.21. The first kappa shape index (κ1) is 10.3. The van der Waals surface area contributed by atoms with Gasteiger partial charge in [0.15, 0.2) is 0 Å². The van der Waals surface area contributed by atoms with Crippen LogP contribution in [0.2, 0.25) is 5.02 Å². The minimum Gasteiger partial charge on any atom is -0.495 e. The normalized spacial score (nSPS) is 9.77. The highest BCUT2D eigenvalue weighted by molar-refractivity contribution is 9.10. The van der Waals surface area contributed by atoms with Crippen molar-refractivity contribution in [3.05, 3.63) is 27.2 Å². The van der Waals surface area contributed by atoms with Crippen LogP contribution >= 0.6 is 27.5 Å². The zero-order valence-electron chi connectivity index (χ0n) is 6.80. The molecule has 5 heteroatoms. The van der Waals surface area contributed by atoms with Gasteiger partial charge in [0.1, 0.15) is 5.75 Å². The summed E-state index contributed by atoms with van der Waals surface area (Å²) >= 11 is 9.02. The molecule has 0 radical (unpaired) electrons. The van der Waals surface area contributed by atoms with E-state index >= 15 is 0 Å². The van der Waals surface area contributed by atoms with Gasteiger partial charge in [-0.1, -0.05) is 11.6 Å². The largest absolute Gasteiger partial charge is 0.495 e. The fourth-order valence-corrected chi connectivity index (χ4v) is 1.46. The van der Waals surface area contributed by atoms with Crippen molar-refractivity contribution in [3.63, 3.8) is 0 Å². The number of halogens is 2. The number of primary amides is 1. The standard InChI is InChI=1S/C8H7BrClNO2/c1-13-6-3-4(8(11)12)2-5(10)7(6)9/h2-3H,1H3,(H2,11,12). The lowest BCUT2D eigenvalue weighted by Gasteiger charge is -2.06. The van der Waals surface area contributed by atoms with Gasteiger partial charge in [-0.25, -0.2) is 0 Å². The zero-order chi connectivity index (χ0) is 10.0. The van der Waals surface area contributed by atoms with Gasteiger partial charge in [0.2, 0.25) is 5.91 Å². The van der Waals surface area contributed by atoms with Crippen molar-refractivity contribution in [1.29, 1.82) is 0 Å². The third-order valence-corrected chi connectivity index (χ3v) is 2.84. The summed E-state index contributed by atoms with van der Waals surface area (Å²) in [5.74, 6) is -0.0472. The Kier molecular flexibility index (Phi) is 3.17. The lowest BCUT2D eigenvalue weighted by atomic mass is 10.2. The lowest BCUT2D eigenvalue weighted by molar-refractivity contribution is 0.1000. The van der Waals surface area contributed by atoms with Gasteiger partial charge in [-0.05, 0) is 28.1 Å². The van der Waals surface area contributed by atoms with Crippen LogP contribution in [0.5, 0.6) is 5.75 Å². The molecule has 0 atom stereocenters. The number of rotatable bonds is 2. The summed E-state index contributed by atoms with van der Waals surface area (Å²) in [6, 6.07) is 3.01. The van der Waals surface area contributed by atoms with E-state index in [2.05, 4.69) is 15.9 Å². The molecule has 0 aliphatic carbocycles. The molecule has 1 aromatic rings. The van der Waals surface area contributed by atoms with E-state index in [1.165, 1.54) is 19.2 Å². The molecular weight excluding hydrogens is 257 g/mol. The Morgan fingerprint density at radius 1 is 1.62 bits per heavy atom. The summed E-state index contributed by atoms with van der Waals surface area (Å²) in [4.78, 5) is 10.8. The molecule has 0 heterocycles. The van der Waals surface area contributed by atoms with Crippen molar-refractivity contribution in [3.8, 4) is 5.75 Å². The number of methoxy groups -OCH3 is 1. The van der Waals surface area contributed by atoms with E-state index in [0.29, 0.717) is 20.8 Å². The van der Waals surface area contributed by atoms with Crippen LogP contribution in [0.1, 0.15) is 10.4 Å². The number of ether oxygens (including phenoxy) is 1. The summed E-state index contributed by atoms with van der Waals surface area (Å²) < 4.78 is 5.59. The van der Waals surface area contributed by atoms with E-state index < -0.39 is 5.91 Å². The van der Waals surface area contributed by atoms with Crippen molar-refractivity contribution in [2.45, 2.75) is 0 Å². The van der Waals surface area contributed by atoms with Crippen LogP contribution in [0.15, 0.2) is 16.6 Å². The highest BCUT2D eigenvalue weighted by atomic mass is 79.9. The molecule has 0 aromatic heterocycles. The third kappa shape index (κ3) is 2.14. The van der Waals surface area contributed by atoms with Gasteiger partial charge in [-0.15, -0.1) is 0 Å². The summed E-state index contributed by atoms with van der Waals surface area (Å²) in [5.41, 5.74) is 5.41. The fraction of sp³-hybridized carbons (Fsp3) is 0.125. The van der Waals surface area contributed by atoms with Gasteiger partial charge in [0.05, 0.1) is 16.6 Å². The average Bonchev–Trinajstić information content (AvgIpc) is 2.09. The van der Waals surface area contributed by atoms with Crippen molar-refractivity contribution in [1.82, 2.24) is 0 Å². The molecule has 13 heavy (non-hydrogen) atoms. The van der Waals surface area contributed by atoms with E-state index in [1.54, 1.807) is 0 Å². The van der Waals surface area contributed by atoms with Crippen molar-refractivity contribution in [2.75, 3.05) is 7.11 Å². The van der Waals surface area contributed by atoms with Crippen LogP contribution in [0, 0.1) is 0 Å². The molecule has 3 nitrogen and oxygen atoms in total. The highest BCUT2D eigenvalue weighted by Crippen LogP contribution is 2.33.